The Hall–Kier alpha value is -1.25. The van der Waals surface area contributed by atoms with Gasteiger partial charge in [0.15, 0.2) is 0 Å². The quantitative estimate of drug-likeness (QED) is 0.842. The summed E-state index contributed by atoms with van der Waals surface area (Å²) in [5.41, 5.74) is 0.922. The first-order chi connectivity index (χ1) is 8.26. The minimum Gasteiger partial charge on any atom is -0.497 e. The number of rotatable bonds is 4. The molecule has 0 heterocycles. The van der Waals surface area contributed by atoms with Crippen molar-refractivity contribution in [2.45, 2.75) is 12.5 Å². The molecule has 0 aromatic heterocycles. The van der Waals surface area contributed by atoms with Gasteiger partial charge in [0.05, 0.1) is 13.2 Å². The van der Waals surface area contributed by atoms with E-state index in [0.29, 0.717) is 12.3 Å². The average molecular weight is 251 g/mol. The molecular weight excluding hydrogens is 236 g/mol. The second kappa shape index (κ2) is 5.39. The van der Waals surface area contributed by atoms with E-state index in [2.05, 4.69) is 0 Å². The van der Waals surface area contributed by atoms with Crippen LogP contribution in [-0.4, -0.2) is 18.1 Å². The molecule has 0 aliphatic rings. The van der Waals surface area contributed by atoms with Crippen LogP contribution in [0.1, 0.15) is 18.1 Å². The van der Waals surface area contributed by atoms with Gasteiger partial charge in [0.1, 0.15) is 5.75 Å². The Morgan fingerprint density at radius 2 is 2.12 bits per heavy atom. The lowest BCUT2D eigenvalue weighted by Crippen LogP contribution is -1.99. The first-order valence-electron chi connectivity index (χ1n) is 5.57. The summed E-state index contributed by atoms with van der Waals surface area (Å²) >= 11 is 5.67. The Morgan fingerprint density at radius 1 is 1.29 bits per heavy atom. The monoisotopic (exact) mass is 250 g/mol. The van der Waals surface area contributed by atoms with Crippen LogP contribution in [-0.2, 0) is 0 Å². The molecule has 0 unspecified atom stereocenters. The van der Waals surface area contributed by atoms with Gasteiger partial charge in [-0.2, -0.15) is 0 Å². The molecule has 0 spiro atoms. The van der Waals surface area contributed by atoms with E-state index in [4.69, 9.17) is 16.3 Å². The van der Waals surface area contributed by atoms with Crippen LogP contribution >= 0.6 is 11.6 Å². The lowest BCUT2D eigenvalue weighted by Gasteiger charge is -2.13. The Labute approximate surface area is 106 Å². The van der Waals surface area contributed by atoms with Crippen molar-refractivity contribution in [3.05, 3.63) is 42.0 Å². The molecule has 0 saturated carbocycles. The van der Waals surface area contributed by atoms with Crippen molar-refractivity contribution in [3.63, 3.8) is 0 Å². The van der Waals surface area contributed by atoms with E-state index in [1.54, 1.807) is 7.11 Å². The maximum Gasteiger partial charge on any atom is 0.119 e. The van der Waals surface area contributed by atoms with E-state index in [-0.39, 0.29) is 0 Å². The molecule has 2 rings (SSSR count). The van der Waals surface area contributed by atoms with Crippen molar-refractivity contribution in [3.8, 4) is 5.75 Å². The molecule has 17 heavy (non-hydrogen) atoms. The van der Waals surface area contributed by atoms with Gasteiger partial charge >= 0.3 is 0 Å². The second-order valence-corrected chi connectivity index (χ2v) is 4.31. The summed E-state index contributed by atoms with van der Waals surface area (Å²) < 4.78 is 5.19. The summed E-state index contributed by atoms with van der Waals surface area (Å²) in [6, 6.07) is 11.7. The van der Waals surface area contributed by atoms with E-state index in [0.717, 1.165) is 22.1 Å². The summed E-state index contributed by atoms with van der Waals surface area (Å²) in [5, 5.41) is 12.1. The third kappa shape index (κ3) is 2.54. The minimum absolute atomic E-state index is 0.452. The maximum absolute atomic E-state index is 10.0. The van der Waals surface area contributed by atoms with E-state index < -0.39 is 6.10 Å². The summed E-state index contributed by atoms with van der Waals surface area (Å²) in [6.07, 6.45) is 0.0526. The van der Waals surface area contributed by atoms with Crippen LogP contribution in [0.5, 0.6) is 5.75 Å². The molecule has 1 N–H and O–H groups in total. The Bertz CT molecular complexity index is 511. The number of hydrogen-bond donors (Lipinski definition) is 1. The summed E-state index contributed by atoms with van der Waals surface area (Å²) in [5.74, 6) is 1.27. The van der Waals surface area contributed by atoms with Crippen molar-refractivity contribution in [2.75, 3.05) is 13.0 Å². The van der Waals surface area contributed by atoms with Crippen LogP contribution in [0.2, 0.25) is 0 Å². The molecule has 0 bridgehead atoms. The van der Waals surface area contributed by atoms with Crippen LogP contribution < -0.4 is 4.74 Å². The molecule has 2 aromatic rings. The highest BCUT2D eigenvalue weighted by molar-refractivity contribution is 6.17. The average Bonchev–Trinajstić information content (AvgIpc) is 2.37. The largest absolute Gasteiger partial charge is 0.497 e. The zero-order chi connectivity index (χ0) is 12.3. The number of fused-ring (bicyclic) bond motifs is 1. The number of aliphatic hydroxyl groups is 1. The van der Waals surface area contributed by atoms with Crippen molar-refractivity contribution in [1.82, 2.24) is 0 Å². The zero-order valence-electron chi connectivity index (χ0n) is 9.69. The lowest BCUT2D eigenvalue weighted by atomic mass is 9.99. The predicted octanol–water partition coefficient (Wildman–Crippen LogP) is 3.51. The van der Waals surface area contributed by atoms with Gasteiger partial charge in [-0.05, 0) is 34.9 Å². The van der Waals surface area contributed by atoms with Gasteiger partial charge in [-0.25, -0.2) is 0 Å². The molecule has 0 aliphatic heterocycles. The molecule has 0 radical (unpaired) electrons. The molecule has 2 nitrogen and oxygen atoms in total. The van der Waals surface area contributed by atoms with Gasteiger partial charge in [0.25, 0.3) is 0 Å². The Balaban J connectivity index is 2.50. The fraction of sp³-hybridized carbons (Fsp3) is 0.286. The van der Waals surface area contributed by atoms with Gasteiger partial charge in [0.2, 0.25) is 0 Å². The summed E-state index contributed by atoms with van der Waals surface area (Å²) in [7, 11) is 1.65. The van der Waals surface area contributed by atoms with Crippen molar-refractivity contribution < 1.29 is 9.84 Å². The SMILES string of the molecule is COc1ccc2c([C@@H](O)CCCl)cccc2c1. The maximum atomic E-state index is 10.0. The summed E-state index contributed by atoms with van der Waals surface area (Å²) in [6.45, 7) is 0. The van der Waals surface area contributed by atoms with E-state index >= 15 is 0 Å². The Kier molecular flexibility index (Phi) is 3.87. The molecule has 90 valence electrons. The van der Waals surface area contributed by atoms with Gasteiger partial charge < -0.3 is 9.84 Å². The molecule has 1 atom stereocenters. The number of alkyl halides is 1. The highest BCUT2D eigenvalue weighted by atomic mass is 35.5. The number of aliphatic hydroxyl groups excluding tert-OH is 1. The van der Waals surface area contributed by atoms with Gasteiger partial charge in [-0.15, -0.1) is 11.6 Å². The standard InChI is InChI=1S/C14H15ClO2/c1-17-11-5-6-12-10(9-11)3-2-4-13(12)14(16)7-8-15/h2-6,9,14,16H,7-8H2,1H3/t14-/m0/s1. The molecule has 3 heteroatoms. The minimum atomic E-state index is -0.510. The van der Waals surface area contributed by atoms with Crippen molar-refractivity contribution in [2.24, 2.45) is 0 Å². The van der Waals surface area contributed by atoms with E-state index in [9.17, 15) is 5.11 Å². The van der Waals surface area contributed by atoms with E-state index in [1.165, 1.54) is 0 Å². The first kappa shape index (κ1) is 12.2. The summed E-state index contributed by atoms with van der Waals surface area (Å²) in [4.78, 5) is 0. The fourth-order valence-electron chi connectivity index (χ4n) is 1.96. The van der Waals surface area contributed by atoms with Crippen LogP contribution in [0.15, 0.2) is 36.4 Å². The highest BCUT2D eigenvalue weighted by Crippen LogP contribution is 2.28. The molecule has 0 amide bonds. The van der Waals surface area contributed by atoms with Crippen molar-refractivity contribution >= 4 is 22.4 Å². The Morgan fingerprint density at radius 3 is 2.82 bits per heavy atom. The third-order valence-corrected chi connectivity index (χ3v) is 3.08. The van der Waals surface area contributed by atoms with Crippen LogP contribution in [0.3, 0.4) is 0 Å². The van der Waals surface area contributed by atoms with Crippen LogP contribution in [0.25, 0.3) is 10.8 Å². The molecule has 0 saturated heterocycles. The van der Waals surface area contributed by atoms with E-state index in [1.807, 2.05) is 36.4 Å². The molecule has 0 fully saturated rings. The smallest absolute Gasteiger partial charge is 0.119 e. The van der Waals surface area contributed by atoms with Gasteiger partial charge in [0, 0.05) is 5.88 Å². The second-order valence-electron chi connectivity index (χ2n) is 3.93. The molecule has 2 aromatic carbocycles. The predicted molar refractivity (Wildman–Crippen MR) is 70.8 cm³/mol. The molecule has 0 aliphatic carbocycles. The zero-order valence-corrected chi connectivity index (χ0v) is 10.4. The first-order valence-corrected chi connectivity index (χ1v) is 6.10. The molecular formula is C14H15ClO2. The number of halogens is 1. The fourth-order valence-corrected chi connectivity index (χ4v) is 2.17. The topological polar surface area (TPSA) is 29.5 Å². The number of benzene rings is 2. The number of hydrogen-bond acceptors (Lipinski definition) is 2. The van der Waals surface area contributed by atoms with Gasteiger partial charge in [-0.3, -0.25) is 0 Å². The van der Waals surface area contributed by atoms with Crippen LogP contribution in [0.4, 0.5) is 0 Å². The van der Waals surface area contributed by atoms with Crippen LogP contribution in [0, 0.1) is 0 Å². The third-order valence-electron chi connectivity index (χ3n) is 2.86. The highest BCUT2D eigenvalue weighted by Gasteiger charge is 2.10. The van der Waals surface area contributed by atoms with Crippen molar-refractivity contribution in [1.29, 1.82) is 0 Å². The van der Waals surface area contributed by atoms with Gasteiger partial charge in [-0.1, -0.05) is 24.3 Å². The number of ether oxygens (including phenoxy) is 1. The lowest BCUT2D eigenvalue weighted by molar-refractivity contribution is 0.176. The number of methoxy groups -OCH3 is 1. The normalized spacial score (nSPS) is 12.6.